The Bertz CT molecular complexity index is 260. The monoisotopic (exact) mass is 240 g/mol. The molecule has 98 valence electrons. The van der Waals surface area contributed by atoms with Crippen molar-refractivity contribution in [2.75, 3.05) is 6.61 Å². The molecule has 3 atom stereocenters. The van der Waals surface area contributed by atoms with Gasteiger partial charge in [-0.2, -0.15) is 0 Å². The third kappa shape index (κ3) is 4.41. The lowest BCUT2D eigenvalue weighted by atomic mass is 9.75. The Morgan fingerprint density at radius 2 is 2.18 bits per heavy atom. The first-order chi connectivity index (χ1) is 8.04. The van der Waals surface area contributed by atoms with Crippen LogP contribution in [-0.2, 0) is 9.47 Å². The quantitative estimate of drug-likeness (QED) is 0.554. The van der Waals surface area contributed by atoms with Gasteiger partial charge in [-0.25, -0.2) is 4.79 Å². The van der Waals surface area contributed by atoms with E-state index in [1.54, 1.807) is 6.08 Å². The summed E-state index contributed by atoms with van der Waals surface area (Å²) < 4.78 is 10.3. The van der Waals surface area contributed by atoms with Crippen LogP contribution in [0.1, 0.15) is 40.0 Å². The van der Waals surface area contributed by atoms with Crippen LogP contribution in [-0.4, -0.2) is 18.9 Å². The Hall–Kier alpha value is -0.990. The van der Waals surface area contributed by atoms with Crippen molar-refractivity contribution < 1.29 is 14.3 Å². The summed E-state index contributed by atoms with van der Waals surface area (Å²) in [6.07, 6.45) is 4.31. The van der Waals surface area contributed by atoms with Gasteiger partial charge in [-0.3, -0.25) is 0 Å². The number of rotatable bonds is 4. The first-order valence-corrected chi connectivity index (χ1v) is 6.48. The van der Waals surface area contributed by atoms with Crippen LogP contribution in [0.2, 0.25) is 0 Å². The Kier molecular flexibility index (Phi) is 5.52. The fraction of sp³-hybridized carbons (Fsp3) is 0.786. The maximum atomic E-state index is 11.5. The largest absolute Gasteiger partial charge is 0.508 e. The summed E-state index contributed by atoms with van der Waals surface area (Å²) >= 11 is 0. The van der Waals surface area contributed by atoms with Gasteiger partial charge in [0.05, 0.1) is 0 Å². The van der Waals surface area contributed by atoms with Crippen molar-refractivity contribution in [2.45, 2.75) is 46.1 Å². The molecule has 0 radical (unpaired) electrons. The van der Waals surface area contributed by atoms with E-state index in [1.807, 2.05) is 0 Å². The molecule has 0 N–H and O–H groups in total. The van der Waals surface area contributed by atoms with Crippen LogP contribution >= 0.6 is 0 Å². The van der Waals surface area contributed by atoms with Crippen LogP contribution in [0.4, 0.5) is 4.79 Å². The smallest absolute Gasteiger partial charge is 0.431 e. The molecule has 0 saturated heterocycles. The van der Waals surface area contributed by atoms with Gasteiger partial charge in [0.2, 0.25) is 0 Å². The van der Waals surface area contributed by atoms with Crippen molar-refractivity contribution in [3.8, 4) is 0 Å². The molecule has 1 rings (SSSR count). The molecule has 0 amide bonds. The van der Waals surface area contributed by atoms with Gasteiger partial charge in [0.25, 0.3) is 0 Å². The molecule has 0 aliphatic heterocycles. The minimum absolute atomic E-state index is 0.0102. The summed E-state index contributed by atoms with van der Waals surface area (Å²) in [6, 6.07) is 0. The van der Waals surface area contributed by atoms with E-state index < -0.39 is 6.16 Å². The third-order valence-corrected chi connectivity index (χ3v) is 3.53. The average molecular weight is 240 g/mol. The number of ether oxygens (including phenoxy) is 2. The lowest BCUT2D eigenvalue weighted by Crippen LogP contribution is -2.36. The summed E-state index contributed by atoms with van der Waals surface area (Å²) in [7, 11) is 0. The van der Waals surface area contributed by atoms with Gasteiger partial charge in [0, 0.05) is 0 Å². The first kappa shape index (κ1) is 14.1. The molecule has 0 aromatic rings. The molecule has 1 aliphatic carbocycles. The number of carbonyl (C=O) groups excluding carboxylic acids is 1. The van der Waals surface area contributed by atoms with Gasteiger partial charge in [-0.05, 0) is 30.6 Å². The zero-order valence-corrected chi connectivity index (χ0v) is 11.1. The molecule has 0 unspecified atom stereocenters. The molecular formula is C14H24O3. The Morgan fingerprint density at radius 1 is 1.47 bits per heavy atom. The maximum Gasteiger partial charge on any atom is 0.508 e. The van der Waals surface area contributed by atoms with E-state index in [-0.39, 0.29) is 12.7 Å². The predicted octanol–water partition coefficient (Wildman–Crippen LogP) is 3.79. The number of carbonyl (C=O) groups is 1. The van der Waals surface area contributed by atoms with Gasteiger partial charge < -0.3 is 9.47 Å². The van der Waals surface area contributed by atoms with Gasteiger partial charge in [0.15, 0.2) is 0 Å². The fourth-order valence-corrected chi connectivity index (χ4v) is 2.53. The molecule has 0 heterocycles. The van der Waals surface area contributed by atoms with Crippen LogP contribution in [0.15, 0.2) is 12.7 Å². The molecule has 0 aromatic heterocycles. The normalized spacial score (nSPS) is 28.8. The Labute approximate surface area is 104 Å². The summed E-state index contributed by atoms with van der Waals surface area (Å²) in [5.74, 6) is 1.63. The van der Waals surface area contributed by atoms with E-state index >= 15 is 0 Å². The van der Waals surface area contributed by atoms with Crippen molar-refractivity contribution in [1.82, 2.24) is 0 Å². The molecule has 1 saturated carbocycles. The zero-order chi connectivity index (χ0) is 12.8. The molecule has 17 heavy (non-hydrogen) atoms. The standard InChI is InChI=1S/C14H24O3/c1-5-8-16-14(15)17-13-9-11(4)6-7-12(13)10(2)3/h5,10-13H,1,6-9H2,2-4H3/t11-,12+,13-/m1/s1. The number of hydrogen-bond acceptors (Lipinski definition) is 3. The lowest BCUT2D eigenvalue weighted by molar-refractivity contribution is -0.0286. The third-order valence-electron chi connectivity index (χ3n) is 3.53. The predicted molar refractivity (Wildman–Crippen MR) is 67.8 cm³/mol. The number of hydrogen-bond donors (Lipinski definition) is 0. The van der Waals surface area contributed by atoms with Gasteiger partial charge in [-0.1, -0.05) is 39.8 Å². The second kappa shape index (κ2) is 6.67. The highest BCUT2D eigenvalue weighted by atomic mass is 16.7. The minimum atomic E-state index is -0.561. The molecule has 3 heteroatoms. The highest BCUT2D eigenvalue weighted by Crippen LogP contribution is 2.35. The molecule has 0 spiro atoms. The molecule has 0 aromatic carbocycles. The van der Waals surface area contributed by atoms with E-state index in [1.165, 1.54) is 6.42 Å². The highest BCUT2D eigenvalue weighted by Gasteiger charge is 2.33. The van der Waals surface area contributed by atoms with E-state index in [2.05, 4.69) is 27.4 Å². The minimum Gasteiger partial charge on any atom is -0.431 e. The van der Waals surface area contributed by atoms with Crippen LogP contribution in [0.5, 0.6) is 0 Å². The van der Waals surface area contributed by atoms with Crippen molar-refractivity contribution in [3.63, 3.8) is 0 Å². The maximum absolute atomic E-state index is 11.5. The lowest BCUT2D eigenvalue weighted by Gasteiger charge is -2.36. The Balaban J connectivity index is 2.51. The van der Waals surface area contributed by atoms with E-state index in [0.29, 0.717) is 17.8 Å². The SMILES string of the molecule is C=CCOC(=O)O[C@@H]1C[C@H](C)CC[C@H]1C(C)C. The van der Waals surface area contributed by atoms with Crippen LogP contribution in [0.25, 0.3) is 0 Å². The van der Waals surface area contributed by atoms with Gasteiger partial charge in [-0.15, -0.1) is 0 Å². The van der Waals surface area contributed by atoms with E-state index in [9.17, 15) is 4.79 Å². The van der Waals surface area contributed by atoms with Crippen molar-refractivity contribution in [3.05, 3.63) is 12.7 Å². The second-order valence-corrected chi connectivity index (χ2v) is 5.33. The van der Waals surface area contributed by atoms with Crippen LogP contribution in [0, 0.1) is 17.8 Å². The summed E-state index contributed by atoms with van der Waals surface area (Å²) in [4.78, 5) is 11.5. The molecule has 0 bridgehead atoms. The van der Waals surface area contributed by atoms with E-state index in [4.69, 9.17) is 9.47 Å². The van der Waals surface area contributed by atoms with Crippen LogP contribution < -0.4 is 0 Å². The van der Waals surface area contributed by atoms with Crippen molar-refractivity contribution in [1.29, 1.82) is 0 Å². The van der Waals surface area contributed by atoms with Crippen molar-refractivity contribution in [2.24, 2.45) is 17.8 Å². The van der Waals surface area contributed by atoms with Gasteiger partial charge >= 0.3 is 6.16 Å². The van der Waals surface area contributed by atoms with Gasteiger partial charge in [0.1, 0.15) is 12.7 Å². The summed E-state index contributed by atoms with van der Waals surface area (Å²) in [5, 5.41) is 0. The first-order valence-electron chi connectivity index (χ1n) is 6.48. The molecule has 1 aliphatic rings. The average Bonchev–Trinajstić information content (AvgIpc) is 2.26. The zero-order valence-electron chi connectivity index (χ0n) is 11.1. The van der Waals surface area contributed by atoms with Crippen LogP contribution in [0.3, 0.4) is 0 Å². The molecule has 3 nitrogen and oxygen atoms in total. The molecule has 1 fully saturated rings. The topological polar surface area (TPSA) is 35.5 Å². The van der Waals surface area contributed by atoms with E-state index in [0.717, 1.165) is 12.8 Å². The Morgan fingerprint density at radius 3 is 2.76 bits per heavy atom. The second-order valence-electron chi connectivity index (χ2n) is 5.33. The highest BCUT2D eigenvalue weighted by molar-refractivity contribution is 5.60. The summed E-state index contributed by atoms with van der Waals surface area (Å²) in [6.45, 7) is 10.3. The van der Waals surface area contributed by atoms with Crippen molar-refractivity contribution >= 4 is 6.16 Å². The summed E-state index contributed by atoms with van der Waals surface area (Å²) in [5.41, 5.74) is 0. The molecular weight excluding hydrogens is 216 g/mol. The fourth-order valence-electron chi connectivity index (χ4n) is 2.53.